The van der Waals surface area contributed by atoms with Crippen LogP contribution in [0.2, 0.25) is 0 Å². The quantitative estimate of drug-likeness (QED) is 0.848. The first-order valence-corrected chi connectivity index (χ1v) is 6.30. The lowest BCUT2D eigenvalue weighted by atomic mass is 10.00. The van der Waals surface area contributed by atoms with Crippen LogP contribution in [0.3, 0.4) is 0 Å². The Balaban J connectivity index is 1.87. The van der Waals surface area contributed by atoms with Gasteiger partial charge < -0.3 is 5.32 Å². The number of nitrogens with one attached hydrogen (secondary N) is 1. The molecule has 14 heavy (non-hydrogen) atoms. The van der Waals surface area contributed by atoms with E-state index in [1.807, 2.05) is 0 Å². The smallest absolute Gasteiger partial charge is 0.209 e. The summed E-state index contributed by atoms with van der Waals surface area (Å²) in [6.45, 7) is 2.29. The molecule has 0 spiro atoms. The van der Waals surface area contributed by atoms with Crippen LogP contribution in [0.1, 0.15) is 11.4 Å². The summed E-state index contributed by atoms with van der Waals surface area (Å²) in [5.41, 5.74) is 1.39. The van der Waals surface area contributed by atoms with Crippen molar-refractivity contribution in [1.29, 1.82) is 0 Å². The Morgan fingerprint density at radius 3 is 3.14 bits per heavy atom. The van der Waals surface area contributed by atoms with Crippen LogP contribution < -0.4 is 5.32 Å². The Labute approximate surface area is 94.9 Å². The van der Waals surface area contributed by atoms with E-state index in [4.69, 9.17) is 0 Å². The topological polar surface area (TPSA) is 37.8 Å². The molecular weight excluding hydrogens is 262 g/mol. The standard InChI is InChI=1S/C9H10BrN3S/c10-9-12-8(14-13-9)5-1-6-3-11-4-7(6)2-5/h1,6-7,11H,2-4H2/t6-,7+/m0/s1. The summed E-state index contributed by atoms with van der Waals surface area (Å²) in [4.78, 5) is 4.36. The summed E-state index contributed by atoms with van der Waals surface area (Å²) in [6.07, 6.45) is 3.54. The highest BCUT2D eigenvalue weighted by atomic mass is 79.9. The molecule has 0 radical (unpaired) electrons. The molecule has 1 N–H and O–H groups in total. The molecule has 0 aromatic carbocycles. The van der Waals surface area contributed by atoms with Crippen LogP contribution in [-0.4, -0.2) is 22.4 Å². The van der Waals surface area contributed by atoms with E-state index in [0.717, 1.165) is 29.9 Å². The highest BCUT2D eigenvalue weighted by Crippen LogP contribution is 2.38. The summed E-state index contributed by atoms with van der Waals surface area (Å²) >= 11 is 4.78. The summed E-state index contributed by atoms with van der Waals surface area (Å²) in [5.74, 6) is 1.53. The Bertz CT molecular complexity index is 387. The number of hydrogen-bond acceptors (Lipinski definition) is 4. The van der Waals surface area contributed by atoms with Crippen molar-refractivity contribution in [3.05, 3.63) is 15.8 Å². The van der Waals surface area contributed by atoms with Crippen LogP contribution in [0, 0.1) is 11.8 Å². The monoisotopic (exact) mass is 271 g/mol. The van der Waals surface area contributed by atoms with Crippen molar-refractivity contribution in [3.63, 3.8) is 0 Å². The van der Waals surface area contributed by atoms with Crippen molar-refractivity contribution >= 4 is 33.0 Å². The number of aromatic nitrogens is 2. The van der Waals surface area contributed by atoms with Crippen LogP contribution in [0.25, 0.3) is 5.57 Å². The van der Waals surface area contributed by atoms with Crippen molar-refractivity contribution in [1.82, 2.24) is 14.7 Å². The zero-order chi connectivity index (χ0) is 9.54. The van der Waals surface area contributed by atoms with Crippen molar-refractivity contribution in [2.75, 3.05) is 13.1 Å². The highest BCUT2D eigenvalue weighted by molar-refractivity contribution is 9.10. The molecule has 2 aliphatic rings. The highest BCUT2D eigenvalue weighted by Gasteiger charge is 2.32. The average Bonchev–Trinajstić information content (AvgIpc) is 2.75. The van der Waals surface area contributed by atoms with Gasteiger partial charge in [-0.1, -0.05) is 6.08 Å². The van der Waals surface area contributed by atoms with Crippen LogP contribution in [-0.2, 0) is 0 Å². The predicted octanol–water partition coefficient (Wildman–Crippen LogP) is 1.92. The summed E-state index contributed by atoms with van der Waals surface area (Å²) < 4.78 is 4.86. The molecule has 1 aliphatic heterocycles. The molecule has 1 aliphatic carbocycles. The largest absolute Gasteiger partial charge is 0.316 e. The van der Waals surface area contributed by atoms with E-state index < -0.39 is 0 Å². The maximum absolute atomic E-state index is 4.36. The molecular formula is C9H10BrN3S. The van der Waals surface area contributed by atoms with Crippen LogP contribution in [0.15, 0.2) is 10.8 Å². The van der Waals surface area contributed by atoms with Crippen molar-refractivity contribution in [2.45, 2.75) is 6.42 Å². The molecule has 3 rings (SSSR count). The molecule has 3 nitrogen and oxygen atoms in total. The predicted molar refractivity (Wildman–Crippen MR) is 60.1 cm³/mol. The van der Waals surface area contributed by atoms with Gasteiger partial charge in [-0.15, -0.1) is 0 Å². The number of halogens is 1. The van der Waals surface area contributed by atoms with Gasteiger partial charge in [-0.25, -0.2) is 4.98 Å². The zero-order valence-electron chi connectivity index (χ0n) is 7.53. The van der Waals surface area contributed by atoms with E-state index in [1.54, 1.807) is 0 Å². The number of nitrogens with zero attached hydrogens (tertiary/aromatic N) is 2. The minimum Gasteiger partial charge on any atom is -0.316 e. The number of fused-ring (bicyclic) bond motifs is 1. The van der Waals surface area contributed by atoms with E-state index in [1.165, 1.54) is 23.5 Å². The van der Waals surface area contributed by atoms with Gasteiger partial charge in [-0.2, -0.15) is 4.37 Å². The van der Waals surface area contributed by atoms with E-state index in [-0.39, 0.29) is 0 Å². The van der Waals surface area contributed by atoms with Gasteiger partial charge in [-0.3, -0.25) is 0 Å². The van der Waals surface area contributed by atoms with E-state index >= 15 is 0 Å². The molecule has 0 saturated carbocycles. The molecule has 1 fully saturated rings. The van der Waals surface area contributed by atoms with E-state index in [2.05, 4.69) is 36.7 Å². The third-order valence-corrected chi connectivity index (χ3v) is 4.35. The molecule has 0 amide bonds. The molecule has 0 unspecified atom stereocenters. The lowest BCUT2D eigenvalue weighted by Gasteiger charge is -2.04. The fraction of sp³-hybridized carbons (Fsp3) is 0.556. The first-order chi connectivity index (χ1) is 6.83. The second-order valence-electron chi connectivity index (χ2n) is 3.85. The first kappa shape index (κ1) is 9.00. The maximum Gasteiger partial charge on any atom is 0.209 e. The van der Waals surface area contributed by atoms with Crippen LogP contribution in [0.4, 0.5) is 0 Å². The zero-order valence-corrected chi connectivity index (χ0v) is 9.94. The van der Waals surface area contributed by atoms with Crippen molar-refractivity contribution in [3.8, 4) is 0 Å². The fourth-order valence-corrected chi connectivity index (χ4v) is 3.39. The Morgan fingerprint density at radius 1 is 1.50 bits per heavy atom. The molecule has 74 valence electrons. The lowest BCUT2D eigenvalue weighted by Crippen LogP contribution is -2.09. The summed E-state index contributed by atoms with van der Waals surface area (Å²) in [5, 5.41) is 4.50. The second kappa shape index (κ2) is 3.40. The molecule has 2 atom stereocenters. The lowest BCUT2D eigenvalue weighted by molar-refractivity contribution is 0.536. The molecule has 1 aromatic heterocycles. The summed E-state index contributed by atoms with van der Waals surface area (Å²) in [6, 6.07) is 0. The summed E-state index contributed by atoms with van der Waals surface area (Å²) in [7, 11) is 0. The average molecular weight is 272 g/mol. The Kier molecular flexibility index (Phi) is 2.18. The van der Waals surface area contributed by atoms with Crippen LogP contribution in [0.5, 0.6) is 0 Å². The molecule has 1 saturated heterocycles. The SMILES string of the molecule is Brc1nsc(C2=C[C@H]3CNC[C@H]3C2)n1. The van der Waals surface area contributed by atoms with Gasteiger partial charge in [0.05, 0.1) is 0 Å². The molecule has 0 bridgehead atoms. The van der Waals surface area contributed by atoms with Gasteiger partial charge in [-0.05, 0) is 57.8 Å². The second-order valence-corrected chi connectivity index (χ2v) is 5.31. The van der Waals surface area contributed by atoms with Gasteiger partial charge in [0.15, 0.2) is 0 Å². The fourth-order valence-electron chi connectivity index (χ4n) is 2.28. The van der Waals surface area contributed by atoms with Gasteiger partial charge in [0, 0.05) is 6.54 Å². The van der Waals surface area contributed by atoms with E-state index in [9.17, 15) is 0 Å². The molecule has 5 heteroatoms. The van der Waals surface area contributed by atoms with Crippen molar-refractivity contribution < 1.29 is 0 Å². The minimum absolute atomic E-state index is 0.716. The first-order valence-electron chi connectivity index (χ1n) is 4.74. The third-order valence-electron chi connectivity index (χ3n) is 2.97. The third kappa shape index (κ3) is 1.43. The van der Waals surface area contributed by atoms with Gasteiger partial charge in [0.1, 0.15) is 5.01 Å². The Hall–Kier alpha value is -0.260. The van der Waals surface area contributed by atoms with Gasteiger partial charge >= 0.3 is 0 Å². The Morgan fingerprint density at radius 2 is 2.43 bits per heavy atom. The van der Waals surface area contributed by atoms with Gasteiger partial charge in [0.25, 0.3) is 0 Å². The number of allylic oxidation sites excluding steroid dienone is 1. The minimum atomic E-state index is 0.716. The van der Waals surface area contributed by atoms with Crippen LogP contribution >= 0.6 is 27.5 Å². The van der Waals surface area contributed by atoms with Crippen molar-refractivity contribution in [2.24, 2.45) is 11.8 Å². The van der Waals surface area contributed by atoms with Gasteiger partial charge in [0.2, 0.25) is 4.73 Å². The molecule has 2 heterocycles. The van der Waals surface area contributed by atoms with E-state index in [0.29, 0.717) is 4.73 Å². The number of rotatable bonds is 1. The normalized spacial score (nSPS) is 30.5. The maximum atomic E-state index is 4.36. The number of hydrogen-bond donors (Lipinski definition) is 1. The molecule has 1 aromatic rings.